The number of alkyl halides is 3. The molecule has 0 saturated heterocycles. The minimum absolute atomic E-state index is 0.309. The van der Waals surface area contributed by atoms with Gasteiger partial charge in [-0.2, -0.15) is 17.9 Å². The third-order valence-electron chi connectivity index (χ3n) is 4.62. The number of halogens is 4. The smallest absolute Gasteiger partial charge is 0.419 e. The molecule has 168 valence electrons. The highest BCUT2D eigenvalue weighted by molar-refractivity contribution is 7.89. The number of rotatable bonds is 4. The molecule has 2 aromatic rings. The van der Waals surface area contributed by atoms with Crippen molar-refractivity contribution in [3.63, 3.8) is 0 Å². The molecule has 0 saturated carbocycles. The van der Waals surface area contributed by atoms with Crippen LogP contribution in [0.15, 0.2) is 41.9 Å². The molecule has 31 heavy (non-hydrogen) atoms. The van der Waals surface area contributed by atoms with E-state index >= 15 is 0 Å². The highest BCUT2D eigenvalue weighted by Crippen LogP contribution is 2.36. The highest BCUT2D eigenvalue weighted by Gasteiger charge is 2.41. The maximum Gasteiger partial charge on any atom is 0.419 e. The number of hydrogen-bond acceptors (Lipinski definition) is 5. The van der Waals surface area contributed by atoms with E-state index in [1.807, 2.05) is 0 Å². The van der Waals surface area contributed by atoms with Gasteiger partial charge in [0, 0.05) is 18.9 Å². The second-order valence-electron chi connectivity index (χ2n) is 6.84. The molecule has 0 aliphatic carbocycles. The summed E-state index contributed by atoms with van der Waals surface area (Å²) in [5, 5.41) is 11.8. The van der Waals surface area contributed by atoms with Crippen molar-refractivity contribution in [3.05, 3.63) is 54.1 Å². The Balaban J connectivity index is 2.01. The first-order valence-electron chi connectivity index (χ1n) is 8.62. The van der Waals surface area contributed by atoms with Crippen molar-refractivity contribution in [3.8, 4) is 5.75 Å². The number of anilines is 1. The van der Waals surface area contributed by atoms with Crippen LogP contribution >= 0.6 is 0 Å². The molecule has 1 atom stereocenters. The summed E-state index contributed by atoms with van der Waals surface area (Å²) >= 11 is 0. The van der Waals surface area contributed by atoms with Gasteiger partial charge in [0.15, 0.2) is 11.4 Å². The van der Waals surface area contributed by atoms with E-state index in [0.717, 1.165) is 22.9 Å². The molecule has 1 aromatic carbocycles. The van der Waals surface area contributed by atoms with Gasteiger partial charge in [-0.1, -0.05) is 6.08 Å². The molecule has 0 spiro atoms. The van der Waals surface area contributed by atoms with Gasteiger partial charge in [0.25, 0.3) is 5.91 Å². The average molecular weight is 463 g/mol. The average Bonchev–Trinajstić information content (AvgIpc) is 2.98. The Hall–Kier alpha value is -2.90. The molecule has 2 heterocycles. The first kappa shape index (κ1) is 22.8. The third kappa shape index (κ3) is 4.16. The number of carbonyl (C=O) groups is 1. The molecule has 0 unspecified atom stereocenters. The molecule has 13 heteroatoms. The lowest BCUT2D eigenvalue weighted by molar-refractivity contribution is -0.139. The Morgan fingerprint density at radius 1 is 1.45 bits per heavy atom. The number of nitrogens with zero attached hydrogens (tertiary/aromatic N) is 1. The van der Waals surface area contributed by atoms with Crippen LogP contribution in [0.1, 0.15) is 16.1 Å². The summed E-state index contributed by atoms with van der Waals surface area (Å²) in [6, 6.07) is 1.90. The minimum atomic E-state index is -4.98. The second kappa shape index (κ2) is 7.66. The molecule has 3 rings (SSSR count). The van der Waals surface area contributed by atoms with Crippen LogP contribution in [-0.2, 0) is 23.2 Å². The maximum atomic E-state index is 13.5. The van der Waals surface area contributed by atoms with E-state index in [0.29, 0.717) is 12.1 Å². The zero-order valence-corrected chi connectivity index (χ0v) is 16.8. The number of aromatic nitrogens is 1. The minimum Gasteiger partial charge on any atom is -0.487 e. The predicted molar refractivity (Wildman–Crippen MR) is 101 cm³/mol. The van der Waals surface area contributed by atoms with Crippen LogP contribution in [0.3, 0.4) is 0 Å². The summed E-state index contributed by atoms with van der Waals surface area (Å²) in [5.74, 6) is -2.86. The van der Waals surface area contributed by atoms with Crippen LogP contribution in [-0.4, -0.2) is 42.8 Å². The fraction of sp³-hybridized carbons (Fsp3) is 0.278. The zero-order chi connectivity index (χ0) is 23.2. The molecule has 1 aliphatic rings. The van der Waals surface area contributed by atoms with Crippen LogP contribution < -0.4 is 14.8 Å². The number of aliphatic hydroxyl groups is 1. The molecular weight excluding hydrogens is 446 g/mol. The van der Waals surface area contributed by atoms with Gasteiger partial charge in [0.2, 0.25) is 10.0 Å². The number of benzene rings is 1. The second-order valence-corrected chi connectivity index (χ2v) is 8.49. The van der Waals surface area contributed by atoms with Gasteiger partial charge >= 0.3 is 6.18 Å². The molecular formula is C18H17F4N3O5S. The van der Waals surface area contributed by atoms with Crippen molar-refractivity contribution in [1.29, 1.82) is 0 Å². The summed E-state index contributed by atoms with van der Waals surface area (Å²) in [6.45, 7) is 2.39. The van der Waals surface area contributed by atoms with Crippen molar-refractivity contribution in [2.75, 3.05) is 18.5 Å². The van der Waals surface area contributed by atoms with Gasteiger partial charge in [-0.15, -0.1) is 6.58 Å². The number of amides is 1. The number of aliphatic hydroxyl groups excluding tert-OH is 1. The topological polar surface area (TPSA) is 110 Å². The number of ether oxygens (including phenoxy) is 1. The number of carbonyl (C=O) groups excluding carboxylic acids is 1. The number of aryl methyl sites for hydroxylation is 1. The summed E-state index contributed by atoms with van der Waals surface area (Å²) < 4.78 is 86.5. The first-order valence-corrected chi connectivity index (χ1v) is 10.1. The molecule has 8 nitrogen and oxygen atoms in total. The van der Waals surface area contributed by atoms with E-state index in [9.17, 15) is 35.9 Å². The van der Waals surface area contributed by atoms with Crippen LogP contribution in [0.5, 0.6) is 5.75 Å². The van der Waals surface area contributed by atoms with Crippen molar-refractivity contribution >= 4 is 21.6 Å². The number of fused-ring (bicyclic) bond motifs is 1. The Morgan fingerprint density at radius 3 is 2.71 bits per heavy atom. The van der Waals surface area contributed by atoms with Crippen molar-refractivity contribution < 1.29 is 40.6 Å². The number of hydrogen-bond donors (Lipinski definition) is 3. The highest BCUT2D eigenvalue weighted by atomic mass is 32.2. The molecule has 0 bridgehead atoms. The fourth-order valence-electron chi connectivity index (χ4n) is 2.98. The van der Waals surface area contributed by atoms with Gasteiger partial charge in [-0.05, 0) is 18.2 Å². The van der Waals surface area contributed by atoms with Crippen molar-refractivity contribution in [2.24, 2.45) is 7.05 Å². The van der Waals surface area contributed by atoms with E-state index < -0.39 is 57.1 Å². The predicted octanol–water partition coefficient (Wildman–Crippen LogP) is 2.02. The Labute approximate surface area is 174 Å². The Bertz CT molecular complexity index is 1160. The van der Waals surface area contributed by atoms with Crippen molar-refractivity contribution in [2.45, 2.75) is 16.6 Å². The van der Waals surface area contributed by atoms with Crippen LogP contribution in [0.25, 0.3) is 0 Å². The maximum absolute atomic E-state index is 13.5. The molecule has 1 aliphatic heterocycles. The summed E-state index contributed by atoms with van der Waals surface area (Å²) in [7, 11) is -2.92. The van der Waals surface area contributed by atoms with E-state index in [1.165, 1.54) is 7.05 Å². The van der Waals surface area contributed by atoms with Gasteiger partial charge in [0.1, 0.15) is 22.9 Å². The lowest BCUT2D eigenvalue weighted by Gasteiger charge is -2.26. The standard InChI is InChI=1S/C18H17F4N3O5S/c1-3-17(8-26)9-30-15-13(31(28,29)24-17)7-25(2)14(15)16(27)23-10-4-5-12(19)11(6-10)18(20,21)22/h3-7,24,26H,1,8-9H2,2H3,(H,23,27)/t17-/m1/s1. The van der Waals surface area contributed by atoms with Gasteiger partial charge in [-0.3, -0.25) is 4.79 Å². The van der Waals surface area contributed by atoms with E-state index in [-0.39, 0.29) is 17.1 Å². The van der Waals surface area contributed by atoms with E-state index in [4.69, 9.17) is 4.74 Å². The van der Waals surface area contributed by atoms with E-state index in [2.05, 4.69) is 16.6 Å². The summed E-state index contributed by atoms with van der Waals surface area (Å²) in [4.78, 5) is 12.4. The first-order chi connectivity index (χ1) is 14.3. The Morgan fingerprint density at radius 2 is 2.13 bits per heavy atom. The largest absolute Gasteiger partial charge is 0.487 e. The quantitative estimate of drug-likeness (QED) is 0.475. The van der Waals surface area contributed by atoms with Gasteiger partial charge in [0.05, 0.1) is 12.2 Å². The third-order valence-corrected chi connectivity index (χ3v) is 6.17. The monoisotopic (exact) mass is 463 g/mol. The number of sulfonamides is 1. The molecule has 0 radical (unpaired) electrons. The molecule has 1 amide bonds. The normalized spacial score (nSPS) is 20.3. The summed E-state index contributed by atoms with van der Waals surface area (Å²) in [5.41, 5.74) is -3.79. The lowest BCUT2D eigenvalue weighted by atomic mass is 10.0. The molecule has 3 N–H and O–H groups in total. The van der Waals surface area contributed by atoms with Crippen LogP contribution in [0.4, 0.5) is 23.2 Å². The van der Waals surface area contributed by atoms with Crippen molar-refractivity contribution in [1.82, 2.24) is 9.29 Å². The van der Waals surface area contributed by atoms with E-state index in [1.54, 1.807) is 0 Å². The van der Waals surface area contributed by atoms with Gasteiger partial charge in [-0.25, -0.2) is 12.8 Å². The molecule has 1 aromatic heterocycles. The van der Waals surface area contributed by atoms with Crippen LogP contribution in [0.2, 0.25) is 0 Å². The Kier molecular flexibility index (Phi) is 5.63. The zero-order valence-electron chi connectivity index (χ0n) is 16.0. The fourth-order valence-corrected chi connectivity index (χ4v) is 4.53. The SMILES string of the molecule is C=C[C@@]1(CO)COc2c(cn(C)c2C(=O)Nc2ccc(F)c(C(F)(F)F)c2)S(=O)(=O)N1. The van der Waals surface area contributed by atoms with Gasteiger partial charge < -0.3 is 19.7 Å². The number of nitrogens with one attached hydrogen (secondary N) is 2. The summed E-state index contributed by atoms with van der Waals surface area (Å²) in [6.07, 6.45) is -2.75. The molecule has 0 fully saturated rings. The lowest BCUT2D eigenvalue weighted by Crippen LogP contribution is -2.52. The van der Waals surface area contributed by atoms with Crippen LogP contribution in [0, 0.1) is 5.82 Å².